The van der Waals surface area contributed by atoms with E-state index in [1.165, 1.54) is 38.6 Å². The molecule has 1 saturated carbocycles. The van der Waals surface area contributed by atoms with Crippen LogP contribution in [0.2, 0.25) is 5.82 Å². The van der Waals surface area contributed by atoms with Crippen molar-refractivity contribution in [3.63, 3.8) is 0 Å². The summed E-state index contributed by atoms with van der Waals surface area (Å²) < 4.78 is 5.80. The first-order chi connectivity index (χ1) is 10.8. The number of likely N-dealkylation sites (tertiary alicyclic amines) is 1. The third kappa shape index (κ3) is 2.80. The van der Waals surface area contributed by atoms with Gasteiger partial charge in [-0.3, -0.25) is 4.90 Å². The maximum Gasteiger partial charge on any atom is 0.0712 e. The number of hydrogen-bond donors (Lipinski definition) is 0. The average Bonchev–Trinajstić information content (AvgIpc) is 2.42. The predicted molar refractivity (Wildman–Crippen MR) is 97.9 cm³/mol. The first-order valence-electron chi connectivity index (χ1n) is 9.91. The van der Waals surface area contributed by atoms with Gasteiger partial charge in [-0.15, -0.1) is 0 Å². The summed E-state index contributed by atoms with van der Waals surface area (Å²) in [6.07, 6.45) is 6.37. The van der Waals surface area contributed by atoms with Crippen LogP contribution in [0.15, 0.2) is 0 Å². The highest BCUT2D eigenvalue weighted by Crippen LogP contribution is 2.57. The van der Waals surface area contributed by atoms with Crippen LogP contribution in [0.4, 0.5) is 0 Å². The van der Waals surface area contributed by atoms with Crippen molar-refractivity contribution in [1.82, 2.24) is 4.90 Å². The summed E-state index contributed by atoms with van der Waals surface area (Å²) in [6, 6.07) is 0.623. The number of ether oxygens (including phenoxy) is 1. The van der Waals surface area contributed by atoms with Crippen molar-refractivity contribution in [3.8, 4) is 0 Å². The van der Waals surface area contributed by atoms with Crippen LogP contribution in [0.1, 0.15) is 66.7 Å². The maximum atomic E-state index is 6.49. The Morgan fingerprint density at radius 3 is 2.26 bits per heavy atom. The van der Waals surface area contributed by atoms with Gasteiger partial charge in [-0.05, 0) is 56.4 Å². The lowest BCUT2D eigenvalue weighted by Crippen LogP contribution is -2.73. The van der Waals surface area contributed by atoms with Gasteiger partial charge >= 0.3 is 0 Å². The van der Waals surface area contributed by atoms with Crippen molar-refractivity contribution in [2.45, 2.75) is 84.1 Å². The zero-order chi connectivity index (χ0) is 16.8. The first kappa shape index (κ1) is 17.8. The summed E-state index contributed by atoms with van der Waals surface area (Å²) in [5.74, 6) is 2.67. The van der Waals surface area contributed by atoms with Crippen LogP contribution >= 0.6 is 0 Å². The Kier molecular flexibility index (Phi) is 4.93. The van der Waals surface area contributed by atoms with E-state index < -0.39 is 0 Å². The molecule has 0 aromatic rings. The van der Waals surface area contributed by atoms with Crippen LogP contribution in [0.5, 0.6) is 0 Å². The van der Waals surface area contributed by atoms with E-state index in [0.717, 1.165) is 25.0 Å². The van der Waals surface area contributed by atoms with E-state index in [1.807, 2.05) is 0 Å². The summed E-state index contributed by atoms with van der Waals surface area (Å²) in [6.45, 7) is 15.2. The van der Waals surface area contributed by atoms with E-state index in [-0.39, 0.29) is 0 Å². The fourth-order valence-corrected chi connectivity index (χ4v) is 6.09. The molecule has 4 unspecified atom stereocenters. The number of hydrogen-bond acceptors (Lipinski definition) is 2. The molecule has 2 heterocycles. The molecule has 2 aliphatic heterocycles. The molecule has 2 radical (unpaired) electrons. The van der Waals surface area contributed by atoms with E-state index >= 15 is 0 Å². The Labute approximate surface area is 145 Å². The lowest BCUT2D eigenvalue weighted by atomic mass is 9.50. The largest absolute Gasteiger partial charge is 0.377 e. The minimum Gasteiger partial charge on any atom is -0.377 e. The van der Waals surface area contributed by atoms with Gasteiger partial charge in [0, 0.05) is 6.04 Å². The minimum absolute atomic E-state index is 0.314. The van der Waals surface area contributed by atoms with E-state index in [1.54, 1.807) is 0 Å². The van der Waals surface area contributed by atoms with Gasteiger partial charge in [0.1, 0.15) is 0 Å². The topological polar surface area (TPSA) is 12.5 Å². The van der Waals surface area contributed by atoms with E-state index in [2.05, 4.69) is 39.5 Å². The van der Waals surface area contributed by atoms with Gasteiger partial charge in [-0.25, -0.2) is 0 Å². The van der Waals surface area contributed by atoms with Crippen molar-refractivity contribution < 1.29 is 4.74 Å². The lowest BCUT2D eigenvalue weighted by Gasteiger charge is -2.64. The van der Waals surface area contributed by atoms with E-state index in [9.17, 15) is 0 Å². The Hall–Kier alpha value is -0.0151. The van der Waals surface area contributed by atoms with Crippen LogP contribution in [0.3, 0.4) is 0 Å². The molecular formula is C20H36BNO. The summed E-state index contributed by atoms with van der Waals surface area (Å²) in [4.78, 5) is 2.78. The molecule has 3 aliphatic rings. The van der Waals surface area contributed by atoms with Gasteiger partial charge in [0.05, 0.1) is 26.6 Å². The highest BCUT2D eigenvalue weighted by molar-refractivity contribution is 6.11. The van der Waals surface area contributed by atoms with Crippen LogP contribution in [-0.4, -0.2) is 44.1 Å². The van der Waals surface area contributed by atoms with Gasteiger partial charge in [0.15, 0.2) is 0 Å². The summed E-state index contributed by atoms with van der Waals surface area (Å²) in [5.41, 5.74) is 0.685. The number of fused-ring (bicyclic) bond motifs is 2. The molecule has 0 amide bonds. The van der Waals surface area contributed by atoms with Gasteiger partial charge in [0.2, 0.25) is 0 Å². The molecule has 3 fully saturated rings. The SMILES string of the molecule is [B]C1CCCC2C(CCN(C(C)C)C23COC3)C(C)(C(C)C)C1. The van der Waals surface area contributed by atoms with Crippen molar-refractivity contribution in [3.05, 3.63) is 0 Å². The third-order valence-corrected chi connectivity index (χ3v) is 7.71. The summed E-state index contributed by atoms with van der Waals surface area (Å²) in [7, 11) is 6.49. The number of rotatable bonds is 2. The molecule has 0 aromatic carbocycles. The van der Waals surface area contributed by atoms with Gasteiger partial charge in [-0.1, -0.05) is 45.9 Å². The van der Waals surface area contributed by atoms with E-state index in [4.69, 9.17) is 12.6 Å². The molecule has 1 aliphatic carbocycles. The number of nitrogens with zero attached hydrogens (tertiary/aromatic N) is 1. The lowest BCUT2D eigenvalue weighted by molar-refractivity contribution is -0.224. The van der Waals surface area contributed by atoms with Crippen molar-refractivity contribution >= 4 is 7.85 Å². The zero-order valence-corrected chi connectivity index (χ0v) is 16.0. The fourth-order valence-electron chi connectivity index (χ4n) is 6.09. The maximum absolute atomic E-state index is 6.49. The van der Waals surface area contributed by atoms with E-state index in [0.29, 0.717) is 28.7 Å². The monoisotopic (exact) mass is 317 g/mol. The molecule has 3 heteroatoms. The minimum atomic E-state index is 0.314. The Morgan fingerprint density at radius 2 is 1.74 bits per heavy atom. The van der Waals surface area contributed by atoms with Crippen molar-refractivity contribution in [2.24, 2.45) is 23.2 Å². The van der Waals surface area contributed by atoms with Gasteiger partial charge in [-0.2, -0.15) is 0 Å². The molecule has 23 heavy (non-hydrogen) atoms. The summed E-state index contributed by atoms with van der Waals surface area (Å²) >= 11 is 0. The highest BCUT2D eigenvalue weighted by Gasteiger charge is 2.59. The molecule has 0 aromatic heterocycles. The molecular weight excluding hydrogens is 281 g/mol. The van der Waals surface area contributed by atoms with Crippen LogP contribution in [-0.2, 0) is 4.74 Å². The van der Waals surface area contributed by atoms with Crippen molar-refractivity contribution in [1.29, 1.82) is 0 Å². The van der Waals surface area contributed by atoms with Crippen LogP contribution in [0, 0.1) is 23.2 Å². The molecule has 1 spiro atoms. The normalized spacial score (nSPS) is 41.4. The average molecular weight is 317 g/mol. The fraction of sp³-hybridized carbons (Fsp3) is 1.00. The molecule has 3 rings (SSSR count). The first-order valence-corrected chi connectivity index (χ1v) is 9.91. The molecule has 4 atom stereocenters. The standard InChI is InChI=1S/C20H36BNO/c1-14(2)19(5)11-16(21)7-6-8-18-17(19)9-10-22(15(3)4)20(18)12-23-13-20/h14-18H,6-13H2,1-5H3. The Morgan fingerprint density at radius 1 is 1.04 bits per heavy atom. The zero-order valence-electron chi connectivity index (χ0n) is 16.0. The predicted octanol–water partition coefficient (Wildman–Crippen LogP) is 4.30. The van der Waals surface area contributed by atoms with Gasteiger partial charge in [0.25, 0.3) is 0 Å². The molecule has 2 saturated heterocycles. The van der Waals surface area contributed by atoms with Crippen LogP contribution in [0.25, 0.3) is 0 Å². The quantitative estimate of drug-likeness (QED) is 0.704. The Bertz CT molecular complexity index is 420. The highest BCUT2D eigenvalue weighted by atomic mass is 16.5. The molecule has 0 N–H and O–H groups in total. The molecule has 130 valence electrons. The second-order valence-corrected chi connectivity index (χ2v) is 9.44. The Balaban J connectivity index is 1.96. The van der Waals surface area contributed by atoms with Gasteiger partial charge < -0.3 is 4.74 Å². The second kappa shape index (κ2) is 6.37. The third-order valence-electron chi connectivity index (χ3n) is 7.71. The molecule has 2 nitrogen and oxygen atoms in total. The molecule has 0 bridgehead atoms. The smallest absolute Gasteiger partial charge is 0.0712 e. The summed E-state index contributed by atoms with van der Waals surface area (Å²) in [5, 5.41) is 0. The van der Waals surface area contributed by atoms with Crippen LogP contribution < -0.4 is 0 Å². The second-order valence-electron chi connectivity index (χ2n) is 9.44. The number of piperidine rings is 1. The van der Waals surface area contributed by atoms with Crippen molar-refractivity contribution in [2.75, 3.05) is 19.8 Å².